The van der Waals surface area contributed by atoms with Gasteiger partial charge < -0.3 is 0 Å². The molecule has 49 valence electrons. The van der Waals surface area contributed by atoms with Crippen molar-refractivity contribution in [3.8, 4) is 0 Å². The molecular formula is C6H11F2. The lowest BCUT2D eigenvalue weighted by molar-refractivity contribution is 0.382. The molecule has 1 atom stereocenters. The third-order valence-corrected chi connectivity index (χ3v) is 1.09. The van der Waals surface area contributed by atoms with Crippen molar-refractivity contribution in [3.63, 3.8) is 0 Å². The van der Waals surface area contributed by atoms with Gasteiger partial charge in [0, 0.05) is 0 Å². The molecule has 0 aromatic carbocycles. The maximum Gasteiger partial charge on any atom is 0.131 e. The topological polar surface area (TPSA) is 0 Å². The van der Waals surface area contributed by atoms with E-state index in [0.29, 0.717) is 19.5 Å². The maximum absolute atomic E-state index is 11.4. The third-order valence-electron chi connectivity index (χ3n) is 1.09. The van der Waals surface area contributed by atoms with Gasteiger partial charge in [0.15, 0.2) is 0 Å². The molecule has 1 radical (unpaired) electrons. The molecule has 0 aromatic heterocycles. The zero-order valence-corrected chi connectivity index (χ0v) is 5.03. The van der Waals surface area contributed by atoms with E-state index in [4.69, 9.17) is 0 Å². The Kier molecular flexibility index (Phi) is 4.92. The molecule has 0 heterocycles. The molecule has 0 aliphatic rings. The van der Waals surface area contributed by atoms with Gasteiger partial charge >= 0.3 is 0 Å². The fourth-order valence-electron chi connectivity index (χ4n) is 0.456. The molecule has 0 saturated heterocycles. The second kappa shape index (κ2) is 5.01. The number of alkyl halides is 1. The Labute approximate surface area is 48.9 Å². The van der Waals surface area contributed by atoms with Crippen LogP contribution < -0.4 is 0 Å². The van der Waals surface area contributed by atoms with Gasteiger partial charge in [-0.15, -0.1) is 0 Å². The average molecular weight is 121 g/mol. The van der Waals surface area contributed by atoms with Gasteiger partial charge in [-0.2, -0.15) is 0 Å². The molecule has 0 nitrogen and oxygen atoms in total. The van der Waals surface area contributed by atoms with E-state index in [1.807, 2.05) is 6.92 Å². The Balaban J connectivity index is 2.92. The van der Waals surface area contributed by atoms with Crippen molar-refractivity contribution in [2.75, 3.05) is 6.67 Å². The molecular weight excluding hydrogens is 110 g/mol. The van der Waals surface area contributed by atoms with Gasteiger partial charge in [-0.3, -0.25) is 4.39 Å². The molecule has 0 fully saturated rings. The van der Waals surface area contributed by atoms with Gasteiger partial charge in [0.05, 0.1) is 6.67 Å². The first-order valence-electron chi connectivity index (χ1n) is 2.79. The van der Waals surface area contributed by atoms with Gasteiger partial charge in [0.1, 0.15) is 6.67 Å². The SMILES string of the molecule is CC(C[CH]F)CCF. The summed E-state index contributed by atoms with van der Waals surface area (Å²) in [4.78, 5) is 0. The minimum absolute atomic E-state index is 0.157. The molecule has 0 bridgehead atoms. The second-order valence-corrected chi connectivity index (χ2v) is 1.97. The van der Waals surface area contributed by atoms with Crippen LogP contribution in [0.2, 0.25) is 0 Å². The van der Waals surface area contributed by atoms with E-state index in [9.17, 15) is 8.78 Å². The molecule has 2 heteroatoms. The zero-order chi connectivity index (χ0) is 6.41. The Morgan fingerprint density at radius 2 is 2.25 bits per heavy atom. The van der Waals surface area contributed by atoms with Crippen LogP contribution in [0.5, 0.6) is 0 Å². The zero-order valence-electron chi connectivity index (χ0n) is 5.03. The summed E-state index contributed by atoms with van der Waals surface area (Å²) in [6, 6.07) is 0. The quantitative estimate of drug-likeness (QED) is 0.536. The molecule has 1 unspecified atom stereocenters. The monoisotopic (exact) mass is 121 g/mol. The maximum atomic E-state index is 11.4. The number of rotatable bonds is 4. The Bertz CT molecular complexity index is 39.8. The van der Waals surface area contributed by atoms with E-state index in [1.54, 1.807) is 0 Å². The van der Waals surface area contributed by atoms with Crippen LogP contribution in [-0.4, -0.2) is 6.67 Å². The summed E-state index contributed by atoms with van der Waals surface area (Å²) in [6.45, 7) is 2.07. The highest BCUT2D eigenvalue weighted by Crippen LogP contribution is 2.08. The Hall–Kier alpha value is -0.140. The van der Waals surface area contributed by atoms with Crippen molar-refractivity contribution in [2.45, 2.75) is 19.8 Å². The van der Waals surface area contributed by atoms with Crippen molar-refractivity contribution < 1.29 is 8.78 Å². The van der Waals surface area contributed by atoms with E-state index in [1.165, 1.54) is 0 Å². The highest BCUT2D eigenvalue weighted by Gasteiger charge is 1.99. The molecule has 0 N–H and O–H groups in total. The van der Waals surface area contributed by atoms with Crippen LogP contribution in [0.3, 0.4) is 0 Å². The van der Waals surface area contributed by atoms with Gasteiger partial charge in [0.25, 0.3) is 0 Å². The highest BCUT2D eigenvalue weighted by atomic mass is 19.1. The minimum atomic E-state index is -0.338. The summed E-state index contributed by atoms with van der Waals surface area (Å²) in [5.74, 6) is 0.157. The second-order valence-electron chi connectivity index (χ2n) is 1.97. The molecule has 0 amide bonds. The normalized spacial score (nSPS) is 10.5. The largest absolute Gasteiger partial charge is 0.251 e. The smallest absolute Gasteiger partial charge is 0.131 e. The standard InChI is InChI=1S/C6H11F2/c1-6(2-4-7)3-5-8/h4,6H,2-3,5H2,1H3. The fourth-order valence-corrected chi connectivity index (χ4v) is 0.456. The van der Waals surface area contributed by atoms with Gasteiger partial charge in [-0.25, -0.2) is 4.39 Å². The number of halogens is 2. The van der Waals surface area contributed by atoms with Crippen LogP contribution in [0.15, 0.2) is 0 Å². The minimum Gasteiger partial charge on any atom is -0.251 e. The van der Waals surface area contributed by atoms with E-state index < -0.39 is 0 Å². The molecule has 0 spiro atoms. The van der Waals surface area contributed by atoms with Crippen LogP contribution in [0.25, 0.3) is 0 Å². The van der Waals surface area contributed by atoms with Crippen molar-refractivity contribution >= 4 is 0 Å². The summed E-state index contributed by atoms with van der Waals surface area (Å²) in [7, 11) is 0. The third kappa shape index (κ3) is 4.03. The first kappa shape index (κ1) is 7.86. The lowest BCUT2D eigenvalue weighted by Gasteiger charge is -2.02. The van der Waals surface area contributed by atoms with Crippen LogP contribution >= 0.6 is 0 Å². The summed E-state index contributed by atoms with van der Waals surface area (Å²) in [5, 5.41) is 0. The molecule has 0 aromatic rings. The first-order valence-corrected chi connectivity index (χ1v) is 2.79. The average Bonchev–Trinajstić information content (AvgIpc) is 1.68. The highest BCUT2D eigenvalue weighted by molar-refractivity contribution is 4.56. The van der Waals surface area contributed by atoms with Crippen LogP contribution in [0.1, 0.15) is 19.8 Å². The van der Waals surface area contributed by atoms with Crippen LogP contribution in [0, 0.1) is 12.6 Å². The first-order chi connectivity index (χ1) is 3.81. The Morgan fingerprint density at radius 1 is 1.62 bits per heavy atom. The predicted molar refractivity (Wildman–Crippen MR) is 29.8 cm³/mol. The molecule has 0 aliphatic heterocycles. The molecule has 8 heavy (non-hydrogen) atoms. The van der Waals surface area contributed by atoms with Gasteiger partial charge in [0.2, 0.25) is 0 Å². The van der Waals surface area contributed by atoms with Gasteiger partial charge in [-0.05, 0) is 18.8 Å². The summed E-state index contributed by atoms with van der Waals surface area (Å²) in [6.07, 6.45) is 0.852. The Morgan fingerprint density at radius 3 is 2.62 bits per heavy atom. The number of hydrogen-bond donors (Lipinski definition) is 0. The van der Waals surface area contributed by atoms with E-state index in [-0.39, 0.29) is 12.6 Å². The van der Waals surface area contributed by atoms with E-state index in [2.05, 4.69) is 0 Å². The van der Waals surface area contributed by atoms with E-state index in [0.717, 1.165) is 0 Å². The lowest BCUT2D eigenvalue weighted by atomic mass is 10.1. The van der Waals surface area contributed by atoms with Crippen LogP contribution in [0.4, 0.5) is 8.78 Å². The summed E-state index contributed by atoms with van der Waals surface area (Å²) in [5.41, 5.74) is 0. The number of hydrogen-bond acceptors (Lipinski definition) is 0. The fraction of sp³-hybridized carbons (Fsp3) is 0.833. The summed E-state index contributed by atoms with van der Waals surface area (Å²) < 4.78 is 22.8. The van der Waals surface area contributed by atoms with Crippen molar-refractivity contribution in [3.05, 3.63) is 6.67 Å². The predicted octanol–water partition coefficient (Wildman–Crippen LogP) is 2.50. The molecule has 0 aliphatic carbocycles. The van der Waals surface area contributed by atoms with Crippen LogP contribution in [-0.2, 0) is 0 Å². The molecule has 0 rings (SSSR count). The van der Waals surface area contributed by atoms with Gasteiger partial charge in [-0.1, -0.05) is 6.92 Å². The van der Waals surface area contributed by atoms with Crippen molar-refractivity contribution in [1.82, 2.24) is 0 Å². The lowest BCUT2D eigenvalue weighted by Crippen LogP contribution is -1.93. The van der Waals surface area contributed by atoms with Crippen molar-refractivity contribution in [1.29, 1.82) is 0 Å². The molecule has 0 saturated carbocycles. The summed E-state index contributed by atoms with van der Waals surface area (Å²) >= 11 is 0. The van der Waals surface area contributed by atoms with Crippen molar-refractivity contribution in [2.24, 2.45) is 5.92 Å². The van der Waals surface area contributed by atoms with E-state index >= 15 is 0 Å².